The van der Waals surface area contributed by atoms with Crippen LogP contribution in [-0.2, 0) is 13.0 Å². The third kappa shape index (κ3) is 1.16. The van der Waals surface area contributed by atoms with Crippen LogP contribution in [0.5, 0.6) is 0 Å². The van der Waals surface area contributed by atoms with Crippen LogP contribution in [0.2, 0.25) is 0 Å². The number of aromatic nitrogens is 2. The molecular formula is C12H14N2O2. The maximum atomic E-state index is 12.3. The molecule has 0 bridgehead atoms. The molecule has 1 aliphatic heterocycles. The van der Waals surface area contributed by atoms with E-state index in [0.717, 1.165) is 43.0 Å². The molecule has 0 amide bonds. The van der Waals surface area contributed by atoms with Crippen molar-refractivity contribution in [1.29, 1.82) is 0 Å². The van der Waals surface area contributed by atoms with Crippen molar-refractivity contribution in [2.24, 2.45) is 0 Å². The Morgan fingerprint density at radius 3 is 2.94 bits per heavy atom. The predicted molar refractivity (Wildman–Crippen MR) is 60.7 cm³/mol. The molecule has 2 aromatic heterocycles. The van der Waals surface area contributed by atoms with Gasteiger partial charge in [0, 0.05) is 18.5 Å². The minimum atomic E-state index is 0.0639. The molecule has 0 fully saturated rings. The Labute approximate surface area is 92.9 Å². The van der Waals surface area contributed by atoms with Crippen molar-refractivity contribution in [3.8, 4) is 0 Å². The third-order valence-electron chi connectivity index (χ3n) is 3.40. The number of aryl methyl sites for hydroxylation is 3. The minimum Gasteiger partial charge on any atom is -0.443 e. The van der Waals surface area contributed by atoms with Crippen molar-refractivity contribution in [3.63, 3.8) is 0 Å². The third-order valence-corrected chi connectivity index (χ3v) is 3.40. The van der Waals surface area contributed by atoms with Gasteiger partial charge in [-0.25, -0.2) is 0 Å². The summed E-state index contributed by atoms with van der Waals surface area (Å²) in [5.74, 6) is 1.67. The van der Waals surface area contributed by atoms with Gasteiger partial charge in [-0.1, -0.05) is 0 Å². The number of hydrogen-bond donors (Lipinski definition) is 0. The quantitative estimate of drug-likeness (QED) is 0.679. The fourth-order valence-electron chi connectivity index (χ4n) is 2.34. The molecule has 1 aliphatic rings. The average Bonchev–Trinajstić information content (AvgIpc) is 2.55. The zero-order chi connectivity index (χ0) is 11.3. The summed E-state index contributed by atoms with van der Waals surface area (Å²) < 4.78 is 7.32. The SMILES string of the molecule is Cc1oc2nc3n(c(=O)c2c1C)CCCC3. The second-order valence-corrected chi connectivity index (χ2v) is 4.41. The molecule has 0 radical (unpaired) electrons. The number of rotatable bonds is 0. The molecule has 2 aromatic rings. The van der Waals surface area contributed by atoms with Crippen LogP contribution < -0.4 is 5.56 Å². The summed E-state index contributed by atoms with van der Waals surface area (Å²) in [6.07, 6.45) is 3.05. The van der Waals surface area contributed by atoms with Gasteiger partial charge >= 0.3 is 0 Å². The van der Waals surface area contributed by atoms with Gasteiger partial charge in [0.2, 0.25) is 5.71 Å². The normalized spacial score (nSPS) is 15.4. The maximum Gasteiger partial charge on any atom is 0.265 e. The Morgan fingerprint density at radius 2 is 2.12 bits per heavy atom. The van der Waals surface area contributed by atoms with Crippen molar-refractivity contribution in [3.05, 3.63) is 27.5 Å². The highest BCUT2D eigenvalue weighted by Gasteiger charge is 2.19. The molecule has 84 valence electrons. The van der Waals surface area contributed by atoms with Crippen molar-refractivity contribution in [1.82, 2.24) is 9.55 Å². The molecule has 3 rings (SSSR count). The largest absolute Gasteiger partial charge is 0.443 e. The Kier molecular flexibility index (Phi) is 1.93. The van der Waals surface area contributed by atoms with Crippen LogP contribution >= 0.6 is 0 Å². The van der Waals surface area contributed by atoms with E-state index in [0.29, 0.717) is 11.1 Å². The van der Waals surface area contributed by atoms with Crippen LogP contribution in [-0.4, -0.2) is 9.55 Å². The lowest BCUT2D eigenvalue weighted by atomic mass is 10.1. The Bertz CT molecular complexity index is 622. The van der Waals surface area contributed by atoms with Gasteiger partial charge in [-0.2, -0.15) is 4.98 Å². The van der Waals surface area contributed by atoms with Gasteiger partial charge in [0.1, 0.15) is 17.0 Å². The van der Waals surface area contributed by atoms with E-state index in [-0.39, 0.29) is 5.56 Å². The standard InChI is InChI=1S/C12H14N2O2/c1-7-8(2)16-11-10(7)12(15)14-6-4-3-5-9(14)13-11/h3-6H2,1-2H3. The fraction of sp³-hybridized carbons (Fsp3) is 0.500. The first-order valence-corrected chi connectivity index (χ1v) is 5.68. The van der Waals surface area contributed by atoms with Gasteiger partial charge in [-0.05, 0) is 26.7 Å². The Hall–Kier alpha value is -1.58. The zero-order valence-corrected chi connectivity index (χ0v) is 9.54. The lowest BCUT2D eigenvalue weighted by Gasteiger charge is -2.16. The molecule has 0 aromatic carbocycles. The fourth-order valence-corrected chi connectivity index (χ4v) is 2.34. The highest BCUT2D eigenvalue weighted by Crippen LogP contribution is 2.21. The van der Waals surface area contributed by atoms with Gasteiger partial charge in [0.15, 0.2) is 0 Å². The van der Waals surface area contributed by atoms with E-state index < -0.39 is 0 Å². The van der Waals surface area contributed by atoms with Gasteiger partial charge in [-0.15, -0.1) is 0 Å². The first-order chi connectivity index (χ1) is 7.68. The van der Waals surface area contributed by atoms with Crippen LogP contribution in [0.3, 0.4) is 0 Å². The van der Waals surface area contributed by atoms with Crippen LogP contribution in [0.25, 0.3) is 11.1 Å². The molecule has 0 saturated carbocycles. The number of nitrogens with zero attached hydrogens (tertiary/aromatic N) is 2. The summed E-state index contributed by atoms with van der Waals surface area (Å²) >= 11 is 0. The Balaban J connectivity index is 2.44. The van der Waals surface area contributed by atoms with Crippen LogP contribution in [0.4, 0.5) is 0 Å². The van der Waals surface area contributed by atoms with Gasteiger partial charge in [0.05, 0.1) is 0 Å². The lowest BCUT2D eigenvalue weighted by Crippen LogP contribution is -2.28. The molecule has 0 unspecified atom stereocenters. The number of hydrogen-bond acceptors (Lipinski definition) is 3. The number of fused-ring (bicyclic) bond motifs is 2. The molecule has 0 N–H and O–H groups in total. The highest BCUT2D eigenvalue weighted by molar-refractivity contribution is 5.77. The first kappa shape index (κ1) is 9.63. The van der Waals surface area contributed by atoms with Gasteiger partial charge in [-0.3, -0.25) is 9.36 Å². The second-order valence-electron chi connectivity index (χ2n) is 4.41. The van der Waals surface area contributed by atoms with E-state index in [1.54, 1.807) is 4.57 Å². The summed E-state index contributed by atoms with van der Waals surface area (Å²) in [4.78, 5) is 16.7. The first-order valence-electron chi connectivity index (χ1n) is 5.68. The second kappa shape index (κ2) is 3.20. The van der Waals surface area contributed by atoms with E-state index in [2.05, 4.69) is 4.98 Å². The zero-order valence-electron chi connectivity index (χ0n) is 9.54. The van der Waals surface area contributed by atoms with Crippen molar-refractivity contribution >= 4 is 11.1 Å². The van der Waals surface area contributed by atoms with Crippen molar-refractivity contribution < 1.29 is 4.42 Å². The summed E-state index contributed by atoms with van der Waals surface area (Å²) in [5, 5.41) is 0.656. The smallest absolute Gasteiger partial charge is 0.265 e. The summed E-state index contributed by atoms with van der Waals surface area (Å²) in [6, 6.07) is 0. The summed E-state index contributed by atoms with van der Waals surface area (Å²) in [6.45, 7) is 4.58. The topological polar surface area (TPSA) is 48.0 Å². The highest BCUT2D eigenvalue weighted by atomic mass is 16.3. The molecular weight excluding hydrogens is 204 g/mol. The van der Waals surface area contributed by atoms with Crippen molar-refractivity contribution in [2.75, 3.05) is 0 Å². The summed E-state index contributed by atoms with van der Waals surface area (Å²) in [5.41, 5.74) is 1.50. The number of furan rings is 1. The molecule has 0 atom stereocenters. The van der Waals surface area contributed by atoms with Gasteiger partial charge in [0.25, 0.3) is 5.56 Å². The van der Waals surface area contributed by atoms with E-state index >= 15 is 0 Å². The summed E-state index contributed by atoms with van der Waals surface area (Å²) in [7, 11) is 0. The molecule has 0 spiro atoms. The van der Waals surface area contributed by atoms with E-state index in [1.165, 1.54) is 0 Å². The Morgan fingerprint density at radius 1 is 1.31 bits per heavy atom. The molecule has 4 heteroatoms. The van der Waals surface area contributed by atoms with Crippen molar-refractivity contribution in [2.45, 2.75) is 39.7 Å². The van der Waals surface area contributed by atoms with Crippen LogP contribution in [0, 0.1) is 13.8 Å². The van der Waals surface area contributed by atoms with Crippen LogP contribution in [0.1, 0.15) is 30.0 Å². The van der Waals surface area contributed by atoms with E-state index in [9.17, 15) is 4.79 Å². The predicted octanol–water partition coefficient (Wildman–Crippen LogP) is 1.94. The molecule has 16 heavy (non-hydrogen) atoms. The average molecular weight is 218 g/mol. The minimum absolute atomic E-state index is 0.0639. The molecule has 3 heterocycles. The van der Waals surface area contributed by atoms with Crippen LogP contribution in [0.15, 0.2) is 9.21 Å². The molecule has 0 saturated heterocycles. The lowest BCUT2D eigenvalue weighted by molar-refractivity contribution is 0.491. The van der Waals surface area contributed by atoms with E-state index in [4.69, 9.17) is 4.42 Å². The molecule has 4 nitrogen and oxygen atoms in total. The van der Waals surface area contributed by atoms with E-state index in [1.807, 2.05) is 13.8 Å². The van der Waals surface area contributed by atoms with Gasteiger partial charge < -0.3 is 4.42 Å². The maximum absolute atomic E-state index is 12.3. The molecule has 0 aliphatic carbocycles. The monoisotopic (exact) mass is 218 g/mol.